The molecule has 3 aromatic rings. The molecule has 0 fully saturated rings. The van der Waals surface area contributed by atoms with Crippen LogP contribution in [0, 0.1) is 0 Å². The lowest BCUT2D eigenvalue weighted by Crippen LogP contribution is -2.03. The van der Waals surface area contributed by atoms with Gasteiger partial charge in [-0.3, -0.25) is 4.79 Å². The Kier molecular flexibility index (Phi) is 7.38. The predicted octanol–water partition coefficient (Wildman–Crippen LogP) is 5.22. The van der Waals surface area contributed by atoms with E-state index < -0.39 is 5.97 Å². The Morgan fingerprint density at radius 2 is 1.45 bits per heavy atom. The zero-order valence-corrected chi connectivity index (χ0v) is 17.3. The van der Waals surface area contributed by atoms with Crippen molar-refractivity contribution >= 4 is 23.9 Å². The fraction of sp³-hybridized carbons (Fsp3) is 0.0769. The van der Waals surface area contributed by atoms with E-state index in [1.54, 1.807) is 48.6 Å². The van der Waals surface area contributed by atoms with E-state index in [4.69, 9.17) is 14.2 Å². The maximum absolute atomic E-state index is 12.6. The van der Waals surface area contributed by atoms with Gasteiger partial charge in [0, 0.05) is 6.08 Å². The highest BCUT2D eigenvalue weighted by atomic mass is 16.5. The van der Waals surface area contributed by atoms with Gasteiger partial charge in [0.15, 0.2) is 5.78 Å². The van der Waals surface area contributed by atoms with Crippen LogP contribution in [0.15, 0.2) is 84.9 Å². The first-order valence-electron chi connectivity index (χ1n) is 9.58. The van der Waals surface area contributed by atoms with Crippen molar-refractivity contribution in [3.63, 3.8) is 0 Å². The number of ketones is 1. The summed E-state index contributed by atoms with van der Waals surface area (Å²) in [7, 11) is 3.04. The van der Waals surface area contributed by atoms with Crippen LogP contribution in [0.5, 0.6) is 17.2 Å². The topological polar surface area (TPSA) is 61.8 Å². The Morgan fingerprint density at radius 1 is 0.710 bits per heavy atom. The molecule has 0 heterocycles. The number of benzene rings is 3. The second-order valence-electron chi connectivity index (χ2n) is 6.50. The van der Waals surface area contributed by atoms with Gasteiger partial charge in [-0.1, -0.05) is 48.5 Å². The number of methoxy groups -OCH3 is 2. The number of esters is 1. The van der Waals surface area contributed by atoms with Gasteiger partial charge in [-0.2, -0.15) is 0 Å². The van der Waals surface area contributed by atoms with E-state index in [0.29, 0.717) is 28.4 Å². The molecule has 156 valence electrons. The zero-order chi connectivity index (χ0) is 22.1. The number of hydrogen-bond acceptors (Lipinski definition) is 5. The average Bonchev–Trinajstić information content (AvgIpc) is 2.81. The van der Waals surface area contributed by atoms with Crippen LogP contribution in [-0.2, 0) is 4.79 Å². The van der Waals surface area contributed by atoms with Gasteiger partial charge in [-0.25, -0.2) is 4.79 Å². The van der Waals surface area contributed by atoms with Gasteiger partial charge in [-0.05, 0) is 53.6 Å². The summed E-state index contributed by atoms with van der Waals surface area (Å²) in [6, 6.07) is 21.4. The Hall–Kier alpha value is -4.12. The molecule has 5 heteroatoms. The van der Waals surface area contributed by atoms with Crippen molar-refractivity contribution < 1.29 is 23.8 Å². The number of carbonyl (C=O) groups excluding carboxylic acids is 2. The smallest absolute Gasteiger partial charge is 0.336 e. The van der Waals surface area contributed by atoms with Crippen LogP contribution < -0.4 is 14.2 Å². The molecular formula is C26H22O5. The Labute approximate surface area is 181 Å². The van der Waals surface area contributed by atoms with Crippen molar-refractivity contribution in [1.82, 2.24) is 0 Å². The average molecular weight is 414 g/mol. The molecule has 0 saturated carbocycles. The van der Waals surface area contributed by atoms with Gasteiger partial charge >= 0.3 is 5.97 Å². The van der Waals surface area contributed by atoms with E-state index in [0.717, 1.165) is 5.56 Å². The first kappa shape index (κ1) is 21.6. The second kappa shape index (κ2) is 10.6. The molecule has 0 saturated heterocycles. The minimum atomic E-state index is -0.484. The van der Waals surface area contributed by atoms with E-state index >= 15 is 0 Å². The molecule has 0 aliphatic carbocycles. The lowest BCUT2D eigenvalue weighted by Gasteiger charge is -2.08. The maximum atomic E-state index is 12.6. The molecule has 0 N–H and O–H groups in total. The molecule has 0 atom stereocenters. The molecule has 0 radical (unpaired) electrons. The summed E-state index contributed by atoms with van der Waals surface area (Å²) < 4.78 is 15.8. The third kappa shape index (κ3) is 6.18. The third-order valence-electron chi connectivity index (χ3n) is 4.39. The van der Waals surface area contributed by atoms with Crippen molar-refractivity contribution in [2.24, 2.45) is 0 Å². The molecule has 0 bridgehead atoms. The monoisotopic (exact) mass is 414 g/mol. The number of carbonyl (C=O) groups is 2. The Morgan fingerprint density at radius 3 is 2.19 bits per heavy atom. The minimum Gasteiger partial charge on any atom is -0.497 e. The molecule has 3 rings (SSSR count). The number of ether oxygens (including phenoxy) is 3. The first-order chi connectivity index (χ1) is 15.1. The van der Waals surface area contributed by atoms with Crippen molar-refractivity contribution in [1.29, 1.82) is 0 Å². The summed E-state index contributed by atoms with van der Waals surface area (Å²) in [6.07, 6.45) is 6.15. The van der Waals surface area contributed by atoms with Crippen LogP contribution in [0.25, 0.3) is 12.2 Å². The van der Waals surface area contributed by atoms with Gasteiger partial charge in [-0.15, -0.1) is 0 Å². The maximum Gasteiger partial charge on any atom is 0.336 e. The molecule has 0 unspecified atom stereocenters. The van der Waals surface area contributed by atoms with E-state index in [1.165, 1.54) is 26.4 Å². The lowest BCUT2D eigenvalue weighted by molar-refractivity contribution is -0.128. The minimum absolute atomic E-state index is 0.232. The molecule has 0 spiro atoms. The highest BCUT2D eigenvalue weighted by Gasteiger charge is 2.11. The first-order valence-corrected chi connectivity index (χ1v) is 9.58. The predicted molar refractivity (Wildman–Crippen MR) is 120 cm³/mol. The second-order valence-corrected chi connectivity index (χ2v) is 6.50. The van der Waals surface area contributed by atoms with E-state index in [9.17, 15) is 9.59 Å². The highest BCUT2D eigenvalue weighted by molar-refractivity contribution is 6.09. The van der Waals surface area contributed by atoms with Crippen LogP contribution in [0.3, 0.4) is 0 Å². The Bertz CT molecular complexity index is 1110. The quantitative estimate of drug-likeness (QED) is 0.219. The molecule has 31 heavy (non-hydrogen) atoms. The summed E-state index contributed by atoms with van der Waals surface area (Å²) in [6.45, 7) is 0. The van der Waals surface area contributed by atoms with Crippen LogP contribution in [0.4, 0.5) is 0 Å². The summed E-state index contributed by atoms with van der Waals surface area (Å²) in [5.41, 5.74) is 2.02. The molecular weight excluding hydrogens is 392 g/mol. The lowest BCUT2D eigenvalue weighted by atomic mass is 10.1. The number of allylic oxidation sites excluding steroid dienone is 1. The number of rotatable bonds is 8. The van der Waals surface area contributed by atoms with Gasteiger partial charge in [0.05, 0.1) is 19.8 Å². The molecule has 0 aromatic heterocycles. The summed E-state index contributed by atoms with van der Waals surface area (Å²) >= 11 is 0. The normalized spacial score (nSPS) is 10.9. The van der Waals surface area contributed by atoms with Gasteiger partial charge in [0.1, 0.15) is 17.2 Å². The SMILES string of the molecule is COc1ccc(OC)c(C(=O)/C=C/c2cccc(OC(=O)/C=C/c3ccccc3)c2)c1. The number of hydrogen-bond donors (Lipinski definition) is 0. The molecule has 0 aliphatic rings. The molecule has 0 aliphatic heterocycles. The van der Waals surface area contributed by atoms with E-state index in [-0.39, 0.29) is 5.78 Å². The van der Waals surface area contributed by atoms with Gasteiger partial charge in [0.25, 0.3) is 0 Å². The van der Waals surface area contributed by atoms with Crippen LogP contribution in [0.2, 0.25) is 0 Å². The van der Waals surface area contributed by atoms with Gasteiger partial charge in [0.2, 0.25) is 0 Å². The molecule has 5 nitrogen and oxygen atoms in total. The van der Waals surface area contributed by atoms with Crippen molar-refractivity contribution in [2.75, 3.05) is 14.2 Å². The van der Waals surface area contributed by atoms with Crippen molar-refractivity contribution in [3.05, 3.63) is 102 Å². The van der Waals surface area contributed by atoms with Crippen LogP contribution >= 0.6 is 0 Å². The molecule has 0 amide bonds. The van der Waals surface area contributed by atoms with Crippen molar-refractivity contribution in [3.8, 4) is 17.2 Å². The largest absolute Gasteiger partial charge is 0.497 e. The summed E-state index contributed by atoms with van der Waals surface area (Å²) in [5.74, 6) is 0.695. The van der Waals surface area contributed by atoms with Crippen LogP contribution in [0.1, 0.15) is 21.5 Å². The fourth-order valence-electron chi connectivity index (χ4n) is 2.83. The fourth-order valence-corrected chi connectivity index (χ4v) is 2.83. The Balaban J connectivity index is 1.69. The van der Waals surface area contributed by atoms with Gasteiger partial charge < -0.3 is 14.2 Å². The van der Waals surface area contributed by atoms with E-state index in [1.807, 2.05) is 36.4 Å². The van der Waals surface area contributed by atoms with Crippen molar-refractivity contribution in [2.45, 2.75) is 0 Å². The third-order valence-corrected chi connectivity index (χ3v) is 4.39. The van der Waals surface area contributed by atoms with E-state index in [2.05, 4.69) is 0 Å². The summed E-state index contributed by atoms with van der Waals surface area (Å²) in [4.78, 5) is 24.7. The van der Waals surface area contributed by atoms with Crippen LogP contribution in [-0.4, -0.2) is 26.0 Å². The highest BCUT2D eigenvalue weighted by Crippen LogP contribution is 2.25. The molecule has 3 aromatic carbocycles. The summed E-state index contributed by atoms with van der Waals surface area (Å²) in [5, 5.41) is 0. The standard InChI is InChI=1S/C26H22O5/c1-29-21-13-15-25(30-2)23(18-21)24(27)14-11-20-9-6-10-22(17-20)31-26(28)16-12-19-7-4-3-5-8-19/h3-18H,1-2H3/b14-11+,16-12+. The zero-order valence-electron chi connectivity index (χ0n) is 17.3.